The molecule has 2 atom stereocenters. The topological polar surface area (TPSA) is 45.6 Å². The molecule has 2 aliphatic rings. The Hall–Kier alpha value is -0.490. The van der Waals surface area contributed by atoms with Crippen molar-refractivity contribution in [3.8, 4) is 0 Å². The van der Waals surface area contributed by atoms with Crippen molar-refractivity contribution in [3.05, 3.63) is 16.6 Å². The van der Waals surface area contributed by atoms with Crippen LogP contribution in [0.3, 0.4) is 0 Å². The molecule has 3 rings (SSSR count). The molecular formula is C12H18N2O2S. The van der Waals surface area contributed by atoms with Crippen LogP contribution in [0.25, 0.3) is 0 Å². The van der Waals surface area contributed by atoms with Crippen molar-refractivity contribution in [2.24, 2.45) is 0 Å². The average Bonchev–Trinajstić information content (AvgIpc) is 2.96. The normalized spacial score (nSPS) is 34.5. The number of likely N-dealkylation sites (tertiary alicyclic amines) is 1. The molecule has 0 saturated carbocycles. The first-order valence-corrected chi connectivity index (χ1v) is 7.14. The Labute approximate surface area is 105 Å². The van der Waals surface area contributed by atoms with Crippen LogP contribution in [0.5, 0.6) is 0 Å². The third-order valence-electron chi connectivity index (χ3n) is 3.82. The molecule has 2 aliphatic heterocycles. The molecule has 17 heavy (non-hydrogen) atoms. The van der Waals surface area contributed by atoms with E-state index in [9.17, 15) is 5.11 Å². The first kappa shape index (κ1) is 11.6. The van der Waals surface area contributed by atoms with Crippen molar-refractivity contribution < 1.29 is 9.84 Å². The summed E-state index contributed by atoms with van der Waals surface area (Å²) >= 11 is 1.63. The quantitative estimate of drug-likeness (QED) is 0.863. The van der Waals surface area contributed by atoms with Crippen LogP contribution in [0.4, 0.5) is 0 Å². The summed E-state index contributed by atoms with van der Waals surface area (Å²) in [5, 5.41) is 12.2. The molecular weight excluding hydrogens is 236 g/mol. The number of hydrogen-bond donors (Lipinski definition) is 1. The third-order valence-corrected chi connectivity index (χ3v) is 4.46. The molecule has 2 fully saturated rings. The number of ether oxygens (including phenoxy) is 1. The molecule has 2 saturated heterocycles. The van der Waals surface area contributed by atoms with Crippen LogP contribution in [-0.2, 0) is 11.3 Å². The first-order chi connectivity index (χ1) is 8.28. The fraction of sp³-hybridized carbons (Fsp3) is 0.750. The van der Waals surface area contributed by atoms with E-state index >= 15 is 0 Å². The Bertz CT molecular complexity index is 363. The van der Waals surface area contributed by atoms with Gasteiger partial charge in [-0.1, -0.05) is 0 Å². The zero-order valence-corrected chi connectivity index (χ0v) is 10.7. The van der Waals surface area contributed by atoms with Crippen LogP contribution in [-0.4, -0.2) is 46.4 Å². The number of nitrogens with zero attached hydrogens (tertiary/aromatic N) is 2. The highest BCUT2D eigenvalue weighted by Gasteiger charge is 2.45. The van der Waals surface area contributed by atoms with Gasteiger partial charge in [-0.3, -0.25) is 4.90 Å². The number of thiazole rings is 1. The number of aliphatic hydroxyl groups is 1. The van der Waals surface area contributed by atoms with E-state index in [-0.39, 0.29) is 11.7 Å². The Morgan fingerprint density at radius 3 is 3.29 bits per heavy atom. The van der Waals surface area contributed by atoms with Gasteiger partial charge in [0, 0.05) is 31.6 Å². The van der Waals surface area contributed by atoms with E-state index in [4.69, 9.17) is 4.74 Å². The molecule has 94 valence electrons. The lowest BCUT2D eigenvalue weighted by Crippen LogP contribution is -2.56. The van der Waals surface area contributed by atoms with Gasteiger partial charge in [-0.15, -0.1) is 11.3 Å². The summed E-state index contributed by atoms with van der Waals surface area (Å²) < 4.78 is 5.83. The largest absolute Gasteiger partial charge is 0.390 e. The highest BCUT2D eigenvalue weighted by Crippen LogP contribution is 2.35. The number of aromatic nitrogens is 1. The lowest BCUT2D eigenvalue weighted by atomic mass is 9.87. The predicted molar refractivity (Wildman–Crippen MR) is 65.9 cm³/mol. The number of rotatable bonds is 2. The van der Waals surface area contributed by atoms with Gasteiger partial charge >= 0.3 is 0 Å². The molecule has 1 N–H and O–H groups in total. The maximum absolute atomic E-state index is 10.1. The van der Waals surface area contributed by atoms with E-state index in [0.29, 0.717) is 0 Å². The monoisotopic (exact) mass is 254 g/mol. The summed E-state index contributed by atoms with van der Waals surface area (Å²) in [6.07, 6.45) is 2.57. The molecule has 1 spiro atoms. The fourth-order valence-electron chi connectivity index (χ4n) is 2.92. The third kappa shape index (κ3) is 2.25. The van der Waals surface area contributed by atoms with Crippen LogP contribution < -0.4 is 0 Å². The molecule has 0 amide bonds. The zero-order valence-electron chi connectivity index (χ0n) is 9.84. The van der Waals surface area contributed by atoms with E-state index in [1.807, 2.05) is 5.51 Å². The maximum atomic E-state index is 10.1. The van der Waals surface area contributed by atoms with E-state index in [0.717, 1.165) is 51.2 Å². The average molecular weight is 254 g/mol. The maximum Gasteiger partial charge on any atom is 0.107 e. The summed E-state index contributed by atoms with van der Waals surface area (Å²) in [4.78, 5) is 6.67. The fourth-order valence-corrected chi connectivity index (χ4v) is 3.47. The first-order valence-electron chi connectivity index (χ1n) is 6.20. The van der Waals surface area contributed by atoms with E-state index in [1.54, 1.807) is 11.3 Å². The molecule has 0 aromatic carbocycles. The van der Waals surface area contributed by atoms with Gasteiger partial charge in [-0.05, 0) is 19.3 Å². The smallest absolute Gasteiger partial charge is 0.107 e. The SMILES string of the molecule is O[C@H]1CCN(Cc2cscn2)C[C@@]12CCCO2. The van der Waals surface area contributed by atoms with Crippen LogP contribution in [0.15, 0.2) is 10.9 Å². The molecule has 5 heteroatoms. The summed E-state index contributed by atoms with van der Waals surface area (Å²) in [7, 11) is 0. The van der Waals surface area contributed by atoms with Crippen molar-refractivity contribution in [3.63, 3.8) is 0 Å². The van der Waals surface area contributed by atoms with Gasteiger partial charge in [0.2, 0.25) is 0 Å². The summed E-state index contributed by atoms with van der Waals surface area (Å²) in [5.41, 5.74) is 2.70. The summed E-state index contributed by atoms with van der Waals surface area (Å²) in [6.45, 7) is 3.44. The molecule has 0 radical (unpaired) electrons. The number of aliphatic hydroxyl groups excluding tert-OH is 1. The van der Waals surface area contributed by atoms with Gasteiger partial charge in [0.25, 0.3) is 0 Å². The molecule has 4 nitrogen and oxygen atoms in total. The van der Waals surface area contributed by atoms with Crippen LogP contribution in [0, 0.1) is 0 Å². The Morgan fingerprint density at radius 1 is 1.65 bits per heavy atom. The van der Waals surface area contributed by atoms with Crippen molar-refractivity contribution in [1.29, 1.82) is 0 Å². The van der Waals surface area contributed by atoms with Gasteiger partial charge in [0.15, 0.2) is 0 Å². The Kier molecular flexibility index (Phi) is 3.17. The van der Waals surface area contributed by atoms with Crippen LogP contribution >= 0.6 is 11.3 Å². The van der Waals surface area contributed by atoms with Gasteiger partial charge in [-0.25, -0.2) is 4.98 Å². The molecule has 0 bridgehead atoms. The minimum absolute atomic E-state index is 0.295. The minimum atomic E-state index is -0.297. The zero-order chi connectivity index (χ0) is 11.7. The van der Waals surface area contributed by atoms with Crippen molar-refractivity contribution in [2.75, 3.05) is 19.7 Å². The molecule has 0 aliphatic carbocycles. The van der Waals surface area contributed by atoms with Crippen molar-refractivity contribution in [2.45, 2.75) is 37.5 Å². The highest BCUT2D eigenvalue weighted by atomic mass is 32.1. The molecule has 0 unspecified atom stereocenters. The lowest BCUT2D eigenvalue weighted by molar-refractivity contribution is -0.132. The Balaban J connectivity index is 1.68. The predicted octanol–water partition coefficient (Wildman–Crippen LogP) is 1.26. The molecule has 1 aromatic rings. The number of piperidine rings is 1. The molecule has 3 heterocycles. The van der Waals surface area contributed by atoms with Gasteiger partial charge in [0.1, 0.15) is 5.60 Å². The van der Waals surface area contributed by atoms with Crippen molar-refractivity contribution in [1.82, 2.24) is 9.88 Å². The van der Waals surface area contributed by atoms with Crippen molar-refractivity contribution >= 4 is 11.3 Å². The lowest BCUT2D eigenvalue weighted by Gasteiger charge is -2.43. The number of hydrogen-bond acceptors (Lipinski definition) is 5. The van der Waals surface area contributed by atoms with Crippen LogP contribution in [0.2, 0.25) is 0 Å². The van der Waals surface area contributed by atoms with Gasteiger partial charge < -0.3 is 9.84 Å². The Morgan fingerprint density at radius 2 is 2.59 bits per heavy atom. The van der Waals surface area contributed by atoms with Gasteiger partial charge in [-0.2, -0.15) is 0 Å². The second-order valence-corrected chi connectivity index (χ2v) is 5.73. The van der Waals surface area contributed by atoms with E-state index < -0.39 is 0 Å². The van der Waals surface area contributed by atoms with E-state index in [2.05, 4.69) is 15.3 Å². The molecule has 1 aromatic heterocycles. The second kappa shape index (κ2) is 4.65. The summed E-state index contributed by atoms with van der Waals surface area (Å²) in [5.74, 6) is 0. The van der Waals surface area contributed by atoms with Crippen LogP contribution in [0.1, 0.15) is 25.0 Å². The standard InChI is InChI=1S/C12H18N2O2S/c15-11-2-4-14(6-10-7-17-9-13-10)8-12(11)3-1-5-16-12/h7,9,11,15H,1-6,8H2/t11-,12-/m0/s1. The van der Waals surface area contributed by atoms with E-state index in [1.165, 1.54) is 0 Å². The minimum Gasteiger partial charge on any atom is -0.390 e. The second-order valence-electron chi connectivity index (χ2n) is 5.01. The summed E-state index contributed by atoms with van der Waals surface area (Å²) in [6, 6.07) is 0. The van der Waals surface area contributed by atoms with Gasteiger partial charge in [0.05, 0.1) is 17.3 Å². The highest BCUT2D eigenvalue weighted by molar-refractivity contribution is 7.07.